The van der Waals surface area contributed by atoms with Gasteiger partial charge in [0, 0.05) is 23.6 Å². The van der Waals surface area contributed by atoms with Crippen LogP contribution >= 0.6 is 0 Å². The molecule has 0 atom stereocenters. The Morgan fingerprint density at radius 3 is 2.05 bits per heavy atom. The highest BCUT2D eigenvalue weighted by atomic mass is 16.2. The predicted molar refractivity (Wildman–Crippen MR) is 75.7 cm³/mol. The lowest BCUT2D eigenvalue weighted by molar-refractivity contribution is -0.133. The van der Waals surface area contributed by atoms with E-state index in [0.29, 0.717) is 11.3 Å². The molecule has 0 aliphatic carbocycles. The Kier molecular flexibility index (Phi) is 4.35. The summed E-state index contributed by atoms with van der Waals surface area (Å²) in [7, 11) is 0. The van der Waals surface area contributed by atoms with E-state index in [2.05, 4.69) is 20.6 Å². The smallest absolute Gasteiger partial charge is 0.316 e. The summed E-state index contributed by atoms with van der Waals surface area (Å²) in [5, 5.41) is 4.67. The Balaban J connectivity index is 1.97. The van der Waals surface area contributed by atoms with E-state index in [1.165, 1.54) is 19.3 Å². The molecule has 2 amide bonds. The minimum Gasteiger partial charge on any atom is -0.318 e. The van der Waals surface area contributed by atoms with E-state index in [4.69, 9.17) is 0 Å². The lowest BCUT2D eigenvalue weighted by Crippen LogP contribution is -2.29. The topological polar surface area (TPSA) is 101 Å². The van der Waals surface area contributed by atoms with Gasteiger partial charge >= 0.3 is 11.8 Å². The molecule has 0 saturated carbocycles. The van der Waals surface area contributed by atoms with Crippen LogP contribution < -0.4 is 10.6 Å². The summed E-state index contributed by atoms with van der Waals surface area (Å²) >= 11 is 0. The fourth-order valence-corrected chi connectivity index (χ4v) is 1.50. The summed E-state index contributed by atoms with van der Waals surface area (Å²) in [6.07, 6.45) is 2.89. The van der Waals surface area contributed by atoms with Gasteiger partial charge in [0.2, 0.25) is 5.95 Å². The number of aromatic nitrogens is 2. The third-order valence-corrected chi connectivity index (χ3v) is 2.55. The molecule has 7 heteroatoms. The van der Waals surface area contributed by atoms with E-state index >= 15 is 0 Å². The Hall–Kier alpha value is -3.09. The monoisotopic (exact) mass is 284 g/mol. The highest BCUT2D eigenvalue weighted by Crippen LogP contribution is 2.10. The number of carbonyl (C=O) groups excluding carboxylic acids is 3. The molecule has 2 rings (SSSR count). The number of hydrogen-bond donors (Lipinski definition) is 2. The van der Waals surface area contributed by atoms with Crippen LogP contribution in [0.1, 0.15) is 17.3 Å². The minimum atomic E-state index is -0.878. The van der Waals surface area contributed by atoms with E-state index in [0.717, 1.165) is 0 Å². The first-order valence-corrected chi connectivity index (χ1v) is 6.06. The van der Waals surface area contributed by atoms with Crippen LogP contribution in [0, 0.1) is 0 Å². The second-order valence-electron chi connectivity index (χ2n) is 4.11. The number of nitrogens with zero attached hydrogens (tertiary/aromatic N) is 2. The average molecular weight is 284 g/mol. The maximum absolute atomic E-state index is 11.7. The van der Waals surface area contributed by atoms with Gasteiger partial charge in [-0.25, -0.2) is 9.97 Å². The Morgan fingerprint density at radius 1 is 0.905 bits per heavy atom. The number of amides is 2. The van der Waals surface area contributed by atoms with Gasteiger partial charge in [0.05, 0.1) is 0 Å². The molecule has 2 N–H and O–H groups in total. The Bertz CT molecular complexity index is 668. The van der Waals surface area contributed by atoms with Crippen LogP contribution in [-0.2, 0) is 9.59 Å². The molecular weight excluding hydrogens is 272 g/mol. The summed E-state index contributed by atoms with van der Waals surface area (Å²) in [5.74, 6) is -1.76. The second kappa shape index (κ2) is 6.38. The molecule has 2 aromatic rings. The van der Waals surface area contributed by atoms with Crippen molar-refractivity contribution in [2.75, 3.05) is 10.6 Å². The Labute approximate surface area is 120 Å². The molecule has 21 heavy (non-hydrogen) atoms. The van der Waals surface area contributed by atoms with Crippen molar-refractivity contribution in [2.24, 2.45) is 0 Å². The van der Waals surface area contributed by atoms with Crippen molar-refractivity contribution >= 4 is 29.2 Å². The fraction of sp³-hybridized carbons (Fsp3) is 0.0714. The van der Waals surface area contributed by atoms with Crippen LogP contribution in [0.25, 0.3) is 0 Å². The largest absolute Gasteiger partial charge is 0.318 e. The SMILES string of the molecule is CC(=O)c1ccc(NC(=O)C(=O)Nc2ncccn2)cc1. The number of rotatable bonds is 3. The van der Waals surface area contributed by atoms with Crippen molar-refractivity contribution in [1.82, 2.24) is 9.97 Å². The normalized spacial score (nSPS) is 9.76. The first-order valence-electron chi connectivity index (χ1n) is 6.06. The minimum absolute atomic E-state index is 0.0459. The van der Waals surface area contributed by atoms with E-state index < -0.39 is 11.8 Å². The van der Waals surface area contributed by atoms with Crippen LogP contribution in [0.2, 0.25) is 0 Å². The zero-order chi connectivity index (χ0) is 15.2. The highest BCUT2D eigenvalue weighted by Gasteiger charge is 2.15. The molecular formula is C14H12N4O3. The van der Waals surface area contributed by atoms with Crippen molar-refractivity contribution in [3.05, 3.63) is 48.3 Å². The molecule has 106 valence electrons. The molecule has 0 aliphatic rings. The van der Waals surface area contributed by atoms with E-state index in [-0.39, 0.29) is 11.7 Å². The van der Waals surface area contributed by atoms with Crippen molar-refractivity contribution in [2.45, 2.75) is 6.92 Å². The van der Waals surface area contributed by atoms with Crippen molar-refractivity contribution in [3.63, 3.8) is 0 Å². The zero-order valence-electron chi connectivity index (χ0n) is 11.2. The van der Waals surface area contributed by atoms with Crippen LogP contribution in [0.3, 0.4) is 0 Å². The lowest BCUT2D eigenvalue weighted by atomic mass is 10.1. The van der Waals surface area contributed by atoms with Gasteiger partial charge in [-0.2, -0.15) is 0 Å². The maximum Gasteiger partial charge on any atom is 0.316 e. The molecule has 0 spiro atoms. The number of benzene rings is 1. The van der Waals surface area contributed by atoms with Crippen molar-refractivity contribution in [3.8, 4) is 0 Å². The van der Waals surface area contributed by atoms with E-state index in [1.807, 2.05) is 0 Å². The van der Waals surface area contributed by atoms with Crippen molar-refractivity contribution in [1.29, 1.82) is 0 Å². The number of carbonyl (C=O) groups is 3. The standard InChI is InChI=1S/C14H12N4O3/c1-9(19)10-3-5-11(6-4-10)17-12(20)13(21)18-14-15-7-2-8-16-14/h2-8H,1H3,(H,17,20)(H,15,16,18,21). The van der Waals surface area contributed by atoms with Gasteiger partial charge in [0.1, 0.15) is 0 Å². The Morgan fingerprint density at radius 2 is 1.48 bits per heavy atom. The van der Waals surface area contributed by atoms with Crippen LogP contribution in [0.4, 0.5) is 11.6 Å². The molecule has 1 heterocycles. The fourth-order valence-electron chi connectivity index (χ4n) is 1.50. The van der Waals surface area contributed by atoms with Gasteiger partial charge in [0.25, 0.3) is 0 Å². The third-order valence-electron chi connectivity index (χ3n) is 2.55. The second-order valence-corrected chi connectivity index (χ2v) is 4.11. The van der Waals surface area contributed by atoms with Crippen LogP contribution in [0.5, 0.6) is 0 Å². The molecule has 0 saturated heterocycles. The summed E-state index contributed by atoms with van der Waals surface area (Å²) in [6, 6.07) is 7.81. The quantitative estimate of drug-likeness (QED) is 0.652. The summed E-state index contributed by atoms with van der Waals surface area (Å²) in [4.78, 5) is 42.0. The van der Waals surface area contributed by atoms with Crippen LogP contribution in [0.15, 0.2) is 42.7 Å². The van der Waals surface area contributed by atoms with Gasteiger partial charge in [0.15, 0.2) is 5.78 Å². The number of ketones is 1. The predicted octanol–water partition coefficient (Wildman–Crippen LogP) is 1.26. The summed E-state index contributed by atoms with van der Waals surface area (Å²) < 4.78 is 0. The van der Waals surface area contributed by atoms with E-state index in [1.54, 1.807) is 30.3 Å². The van der Waals surface area contributed by atoms with Crippen LogP contribution in [-0.4, -0.2) is 27.6 Å². The van der Waals surface area contributed by atoms with Gasteiger partial charge in [-0.05, 0) is 37.3 Å². The number of hydrogen-bond acceptors (Lipinski definition) is 5. The molecule has 0 fully saturated rings. The molecule has 7 nitrogen and oxygen atoms in total. The van der Waals surface area contributed by atoms with Gasteiger partial charge < -0.3 is 5.32 Å². The molecule has 0 unspecified atom stereocenters. The molecule has 1 aromatic carbocycles. The maximum atomic E-state index is 11.7. The van der Waals surface area contributed by atoms with Crippen molar-refractivity contribution < 1.29 is 14.4 Å². The molecule has 1 aromatic heterocycles. The third kappa shape index (κ3) is 3.93. The number of Topliss-reactive ketones (excluding diaryl/α,β-unsaturated/α-hetero) is 1. The van der Waals surface area contributed by atoms with Gasteiger partial charge in [-0.15, -0.1) is 0 Å². The van der Waals surface area contributed by atoms with E-state index in [9.17, 15) is 14.4 Å². The highest BCUT2D eigenvalue weighted by molar-refractivity contribution is 6.43. The average Bonchev–Trinajstić information content (AvgIpc) is 2.48. The zero-order valence-corrected chi connectivity index (χ0v) is 11.2. The molecule has 0 aliphatic heterocycles. The summed E-state index contributed by atoms with van der Waals surface area (Å²) in [5.41, 5.74) is 0.935. The first kappa shape index (κ1) is 14.3. The van der Waals surface area contributed by atoms with Gasteiger partial charge in [-0.3, -0.25) is 19.7 Å². The first-order chi connectivity index (χ1) is 10.1. The molecule has 0 bridgehead atoms. The lowest BCUT2D eigenvalue weighted by Gasteiger charge is -2.05. The number of anilines is 2. The van der Waals surface area contributed by atoms with Gasteiger partial charge in [-0.1, -0.05) is 0 Å². The number of nitrogens with one attached hydrogen (secondary N) is 2. The summed E-state index contributed by atoms with van der Waals surface area (Å²) in [6.45, 7) is 1.45. The molecule has 0 radical (unpaired) electrons.